The molecule has 0 saturated heterocycles. The van der Waals surface area contributed by atoms with Crippen molar-refractivity contribution in [2.75, 3.05) is 0 Å². The molecule has 4 aromatic rings. The first-order valence-electron chi connectivity index (χ1n) is 6.76. The van der Waals surface area contributed by atoms with Gasteiger partial charge in [-0.05, 0) is 49.2 Å². The lowest BCUT2D eigenvalue weighted by molar-refractivity contribution is 1.28. The first-order chi connectivity index (χ1) is 10.1. The molecule has 0 aliphatic carbocycles. The van der Waals surface area contributed by atoms with Crippen LogP contribution in [0.15, 0.2) is 47.1 Å². The number of hydrogen-bond acceptors (Lipinski definition) is 2. The number of nitrogens with zero attached hydrogens (tertiary/aromatic N) is 2. The zero-order valence-corrected chi connectivity index (χ0v) is 14.1. The quantitative estimate of drug-likeness (QED) is 0.434. The summed E-state index contributed by atoms with van der Waals surface area (Å²) >= 11 is 5.21. The Morgan fingerprint density at radius 2 is 1.76 bits per heavy atom. The molecule has 0 aliphatic heterocycles. The zero-order valence-electron chi connectivity index (χ0n) is 11.7. The monoisotopic (exact) mass is 356 g/mol. The number of fused-ring (bicyclic) bond motifs is 3. The van der Waals surface area contributed by atoms with Gasteiger partial charge in [0, 0.05) is 16.2 Å². The maximum absolute atomic E-state index is 4.78. The van der Waals surface area contributed by atoms with Crippen LogP contribution in [0.3, 0.4) is 0 Å². The third-order valence-electron chi connectivity index (χ3n) is 3.85. The Morgan fingerprint density at radius 3 is 2.52 bits per heavy atom. The molecule has 0 spiro atoms. The number of aryl methyl sites for hydroxylation is 2. The summed E-state index contributed by atoms with van der Waals surface area (Å²) in [5.41, 5.74) is 6.06. The van der Waals surface area contributed by atoms with Crippen LogP contribution in [-0.2, 0) is 0 Å². The van der Waals surface area contributed by atoms with Gasteiger partial charge in [0.1, 0.15) is 0 Å². The number of rotatable bonds is 1. The van der Waals surface area contributed by atoms with Crippen LogP contribution in [0, 0.1) is 13.8 Å². The van der Waals surface area contributed by atoms with E-state index < -0.39 is 0 Å². The summed E-state index contributed by atoms with van der Waals surface area (Å²) in [7, 11) is 0. The van der Waals surface area contributed by atoms with Crippen LogP contribution in [0.4, 0.5) is 0 Å². The Balaban J connectivity index is 1.94. The molecule has 0 aliphatic rings. The Hall–Kier alpha value is -1.65. The van der Waals surface area contributed by atoms with Crippen molar-refractivity contribution in [3.63, 3.8) is 0 Å². The highest BCUT2D eigenvalue weighted by Gasteiger charge is 2.11. The molecular weight excluding hydrogens is 344 g/mol. The fourth-order valence-electron chi connectivity index (χ4n) is 2.51. The Morgan fingerprint density at radius 1 is 1.05 bits per heavy atom. The standard InChI is InChI=1S/C17H13BrN2S/c1-10-7-15-16(8-11(10)2)21-17-19-14(9-20(15)17)12-3-5-13(18)6-4-12/h3-9H,1-2H3. The van der Waals surface area contributed by atoms with Crippen molar-refractivity contribution in [3.05, 3.63) is 58.2 Å². The summed E-state index contributed by atoms with van der Waals surface area (Å²) < 4.78 is 4.58. The van der Waals surface area contributed by atoms with Crippen LogP contribution in [0.1, 0.15) is 11.1 Å². The summed E-state index contributed by atoms with van der Waals surface area (Å²) in [6.07, 6.45) is 2.13. The molecule has 0 radical (unpaired) electrons. The maximum atomic E-state index is 4.78. The molecule has 4 rings (SSSR count). The average molecular weight is 357 g/mol. The van der Waals surface area contributed by atoms with E-state index in [2.05, 4.69) is 64.6 Å². The normalized spacial score (nSPS) is 11.6. The van der Waals surface area contributed by atoms with E-state index in [1.807, 2.05) is 12.1 Å². The number of aromatic nitrogens is 2. The van der Waals surface area contributed by atoms with Gasteiger partial charge in [0.2, 0.25) is 0 Å². The van der Waals surface area contributed by atoms with Gasteiger partial charge in [-0.15, -0.1) is 0 Å². The van der Waals surface area contributed by atoms with Gasteiger partial charge in [0.25, 0.3) is 0 Å². The van der Waals surface area contributed by atoms with E-state index in [1.165, 1.54) is 21.3 Å². The van der Waals surface area contributed by atoms with Crippen LogP contribution in [0.2, 0.25) is 0 Å². The van der Waals surface area contributed by atoms with Crippen LogP contribution in [0.25, 0.3) is 26.4 Å². The van der Waals surface area contributed by atoms with E-state index in [0.717, 1.165) is 20.7 Å². The van der Waals surface area contributed by atoms with Crippen molar-refractivity contribution in [1.82, 2.24) is 9.38 Å². The number of halogens is 1. The number of hydrogen-bond donors (Lipinski definition) is 0. The third kappa shape index (κ3) is 2.10. The van der Waals surface area contributed by atoms with E-state index >= 15 is 0 Å². The molecule has 0 unspecified atom stereocenters. The molecule has 0 atom stereocenters. The second kappa shape index (κ2) is 4.68. The summed E-state index contributed by atoms with van der Waals surface area (Å²) in [6, 6.07) is 12.8. The highest BCUT2D eigenvalue weighted by Crippen LogP contribution is 2.31. The van der Waals surface area contributed by atoms with Crippen molar-refractivity contribution in [2.24, 2.45) is 0 Å². The van der Waals surface area contributed by atoms with Gasteiger partial charge in [-0.2, -0.15) is 0 Å². The lowest BCUT2D eigenvalue weighted by Crippen LogP contribution is -1.82. The van der Waals surface area contributed by atoms with Gasteiger partial charge < -0.3 is 0 Å². The minimum atomic E-state index is 1.02. The molecule has 0 amide bonds. The largest absolute Gasteiger partial charge is 0.290 e. The van der Waals surface area contributed by atoms with E-state index in [0.29, 0.717) is 0 Å². The minimum absolute atomic E-state index is 1.02. The number of benzene rings is 2. The molecule has 2 heterocycles. The number of thiazole rings is 1. The topological polar surface area (TPSA) is 17.3 Å². The van der Waals surface area contributed by atoms with Gasteiger partial charge in [-0.1, -0.05) is 39.4 Å². The fraction of sp³-hybridized carbons (Fsp3) is 0.118. The molecule has 0 N–H and O–H groups in total. The molecule has 2 aromatic heterocycles. The van der Waals surface area contributed by atoms with E-state index in [9.17, 15) is 0 Å². The van der Waals surface area contributed by atoms with Crippen molar-refractivity contribution >= 4 is 42.4 Å². The lowest BCUT2D eigenvalue weighted by Gasteiger charge is -2.00. The smallest absolute Gasteiger partial charge is 0.195 e. The zero-order chi connectivity index (χ0) is 14.6. The molecule has 0 bridgehead atoms. The van der Waals surface area contributed by atoms with Crippen LogP contribution in [0.5, 0.6) is 0 Å². The maximum Gasteiger partial charge on any atom is 0.195 e. The molecule has 21 heavy (non-hydrogen) atoms. The second-order valence-electron chi connectivity index (χ2n) is 5.29. The molecule has 0 saturated carbocycles. The van der Waals surface area contributed by atoms with Gasteiger partial charge in [-0.3, -0.25) is 4.40 Å². The van der Waals surface area contributed by atoms with Gasteiger partial charge in [0.05, 0.1) is 15.9 Å². The Bertz CT molecular complexity index is 964. The molecule has 2 aromatic carbocycles. The first-order valence-corrected chi connectivity index (χ1v) is 8.37. The molecular formula is C17H13BrN2S. The summed E-state index contributed by atoms with van der Waals surface area (Å²) in [5.74, 6) is 0. The van der Waals surface area contributed by atoms with Crippen molar-refractivity contribution in [1.29, 1.82) is 0 Å². The fourth-order valence-corrected chi connectivity index (χ4v) is 3.86. The Labute approximate surface area is 135 Å². The lowest BCUT2D eigenvalue weighted by atomic mass is 10.1. The molecule has 4 heteroatoms. The van der Waals surface area contributed by atoms with Crippen LogP contribution < -0.4 is 0 Å². The van der Waals surface area contributed by atoms with Crippen molar-refractivity contribution in [2.45, 2.75) is 13.8 Å². The summed E-state index contributed by atoms with van der Waals surface area (Å²) in [4.78, 5) is 5.82. The second-order valence-corrected chi connectivity index (χ2v) is 7.22. The highest BCUT2D eigenvalue weighted by molar-refractivity contribution is 9.10. The Kier molecular flexibility index (Phi) is 2.91. The first kappa shape index (κ1) is 13.0. The van der Waals surface area contributed by atoms with E-state index in [-0.39, 0.29) is 0 Å². The minimum Gasteiger partial charge on any atom is -0.290 e. The van der Waals surface area contributed by atoms with Crippen molar-refractivity contribution < 1.29 is 0 Å². The summed E-state index contributed by atoms with van der Waals surface area (Å²) in [6.45, 7) is 4.31. The van der Waals surface area contributed by atoms with Crippen LogP contribution in [-0.4, -0.2) is 9.38 Å². The van der Waals surface area contributed by atoms with Crippen molar-refractivity contribution in [3.8, 4) is 11.3 Å². The average Bonchev–Trinajstić information content (AvgIpc) is 2.99. The SMILES string of the molecule is Cc1cc2sc3nc(-c4ccc(Br)cc4)cn3c2cc1C. The van der Waals surface area contributed by atoms with E-state index in [1.54, 1.807) is 11.3 Å². The predicted octanol–water partition coefficient (Wildman–Crippen LogP) is 5.60. The number of imidazole rings is 1. The van der Waals surface area contributed by atoms with Crippen LogP contribution >= 0.6 is 27.3 Å². The third-order valence-corrected chi connectivity index (χ3v) is 5.40. The molecule has 0 fully saturated rings. The molecule has 2 nitrogen and oxygen atoms in total. The summed E-state index contributed by atoms with van der Waals surface area (Å²) in [5, 5.41) is 0. The predicted molar refractivity (Wildman–Crippen MR) is 93.2 cm³/mol. The van der Waals surface area contributed by atoms with Gasteiger partial charge in [0.15, 0.2) is 4.96 Å². The van der Waals surface area contributed by atoms with Gasteiger partial charge >= 0.3 is 0 Å². The molecule has 104 valence electrons. The highest BCUT2D eigenvalue weighted by atomic mass is 79.9. The van der Waals surface area contributed by atoms with Gasteiger partial charge in [-0.25, -0.2) is 4.98 Å². The van der Waals surface area contributed by atoms with E-state index in [4.69, 9.17) is 4.98 Å².